The molecule has 1 heterocycles. The molecule has 1 amide bonds. The van der Waals surface area contributed by atoms with E-state index >= 15 is 0 Å². The molecule has 0 atom stereocenters. The van der Waals surface area contributed by atoms with Crippen molar-refractivity contribution in [1.82, 2.24) is 4.98 Å². The molecular formula is C12H10N4OS. The average Bonchev–Trinajstić information content (AvgIpc) is 2.87. The highest BCUT2D eigenvalue weighted by molar-refractivity contribution is 7.14. The second-order valence-electron chi connectivity index (χ2n) is 3.48. The summed E-state index contributed by atoms with van der Waals surface area (Å²) >= 11 is 1.33. The predicted molar refractivity (Wildman–Crippen MR) is 69.9 cm³/mol. The first-order valence-electron chi connectivity index (χ1n) is 5.19. The number of carbonyl (C=O) groups is 1. The molecule has 3 N–H and O–H groups in total. The lowest BCUT2D eigenvalue weighted by Crippen LogP contribution is -2.21. The molecule has 0 aliphatic heterocycles. The van der Waals surface area contributed by atoms with Crippen LogP contribution in [0.4, 0.5) is 5.13 Å². The highest BCUT2D eigenvalue weighted by Crippen LogP contribution is 2.24. The Morgan fingerprint density at radius 3 is 2.78 bits per heavy atom. The molecule has 1 aromatic carbocycles. The maximum atomic E-state index is 11.1. The SMILES string of the molecule is N#Cc1ccc(-c2csc(NC(=O)CN)n2)cc1. The van der Waals surface area contributed by atoms with Crippen LogP contribution >= 0.6 is 11.3 Å². The van der Waals surface area contributed by atoms with Crippen molar-refractivity contribution in [2.45, 2.75) is 0 Å². The molecule has 0 spiro atoms. The summed E-state index contributed by atoms with van der Waals surface area (Å²) in [5, 5.41) is 13.7. The van der Waals surface area contributed by atoms with Gasteiger partial charge in [-0.3, -0.25) is 4.79 Å². The van der Waals surface area contributed by atoms with E-state index in [1.165, 1.54) is 11.3 Å². The molecule has 18 heavy (non-hydrogen) atoms. The lowest BCUT2D eigenvalue weighted by Gasteiger charge is -1.98. The Morgan fingerprint density at radius 2 is 2.17 bits per heavy atom. The Bertz CT molecular complexity index is 597. The highest BCUT2D eigenvalue weighted by atomic mass is 32.1. The molecule has 5 nitrogen and oxygen atoms in total. The Balaban J connectivity index is 2.18. The normalized spacial score (nSPS) is 9.78. The standard InChI is InChI=1S/C12H10N4OS/c13-5-8-1-3-9(4-2-8)10-7-18-12(15-10)16-11(17)6-14/h1-4,7H,6,14H2,(H,15,16,17). The van der Waals surface area contributed by atoms with E-state index in [0.29, 0.717) is 10.7 Å². The molecule has 2 aromatic rings. The van der Waals surface area contributed by atoms with Crippen LogP contribution in [0.5, 0.6) is 0 Å². The highest BCUT2D eigenvalue weighted by Gasteiger charge is 2.06. The van der Waals surface area contributed by atoms with Gasteiger partial charge in [-0.05, 0) is 12.1 Å². The van der Waals surface area contributed by atoms with Gasteiger partial charge in [0, 0.05) is 10.9 Å². The van der Waals surface area contributed by atoms with E-state index in [-0.39, 0.29) is 12.5 Å². The lowest BCUT2D eigenvalue weighted by atomic mass is 10.1. The molecule has 0 saturated heterocycles. The molecule has 0 aliphatic rings. The molecule has 2 rings (SSSR count). The predicted octanol–water partition coefficient (Wildman–Crippen LogP) is 1.58. The minimum atomic E-state index is -0.268. The van der Waals surface area contributed by atoms with Crippen molar-refractivity contribution in [3.8, 4) is 17.3 Å². The summed E-state index contributed by atoms with van der Waals surface area (Å²) in [4.78, 5) is 15.4. The van der Waals surface area contributed by atoms with E-state index in [0.717, 1.165) is 11.3 Å². The number of amides is 1. The van der Waals surface area contributed by atoms with Crippen molar-refractivity contribution in [3.05, 3.63) is 35.2 Å². The molecule has 0 radical (unpaired) electrons. The van der Waals surface area contributed by atoms with Gasteiger partial charge in [-0.2, -0.15) is 5.26 Å². The third kappa shape index (κ3) is 2.71. The average molecular weight is 258 g/mol. The van der Waals surface area contributed by atoms with Crippen LogP contribution in [-0.2, 0) is 4.79 Å². The van der Waals surface area contributed by atoms with Crippen LogP contribution in [0.2, 0.25) is 0 Å². The van der Waals surface area contributed by atoms with Crippen LogP contribution in [0.25, 0.3) is 11.3 Å². The monoisotopic (exact) mass is 258 g/mol. The van der Waals surface area contributed by atoms with Gasteiger partial charge in [0.25, 0.3) is 0 Å². The maximum absolute atomic E-state index is 11.1. The van der Waals surface area contributed by atoms with Gasteiger partial charge >= 0.3 is 0 Å². The van der Waals surface area contributed by atoms with Crippen LogP contribution in [0.1, 0.15) is 5.56 Å². The summed E-state index contributed by atoms with van der Waals surface area (Å²) in [6.45, 7) is -0.0637. The molecule has 1 aromatic heterocycles. The number of thiazole rings is 1. The van der Waals surface area contributed by atoms with Crippen LogP contribution in [0, 0.1) is 11.3 Å². The van der Waals surface area contributed by atoms with E-state index in [9.17, 15) is 4.79 Å². The van der Waals surface area contributed by atoms with Crippen molar-refractivity contribution in [3.63, 3.8) is 0 Å². The van der Waals surface area contributed by atoms with E-state index in [1.54, 1.807) is 12.1 Å². The zero-order valence-electron chi connectivity index (χ0n) is 9.38. The lowest BCUT2D eigenvalue weighted by molar-refractivity contribution is -0.114. The van der Waals surface area contributed by atoms with Gasteiger partial charge < -0.3 is 11.1 Å². The number of nitrogens with zero attached hydrogens (tertiary/aromatic N) is 2. The third-order valence-electron chi connectivity index (χ3n) is 2.25. The van der Waals surface area contributed by atoms with Gasteiger partial charge in [0.05, 0.1) is 23.9 Å². The second-order valence-corrected chi connectivity index (χ2v) is 4.34. The van der Waals surface area contributed by atoms with Gasteiger partial charge in [-0.15, -0.1) is 11.3 Å². The number of benzene rings is 1. The number of nitrogens with one attached hydrogen (secondary N) is 1. The maximum Gasteiger partial charge on any atom is 0.239 e. The quantitative estimate of drug-likeness (QED) is 0.874. The molecule has 90 valence electrons. The van der Waals surface area contributed by atoms with Crippen LogP contribution < -0.4 is 11.1 Å². The van der Waals surface area contributed by atoms with Gasteiger partial charge in [-0.1, -0.05) is 12.1 Å². The van der Waals surface area contributed by atoms with Gasteiger partial charge in [-0.25, -0.2) is 4.98 Å². The number of aromatic nitrogens is 1. The third-order valence-corrected chi connectivity index (χ3v) is 3.00. The first kappa shape index (κ1) is 12.2. The largest absolute Gasteiger partial charge is 0.322 e. The molecule has 0 aliphatic carbocycles. The number of nitrogens with two attached hydrogens (primary N) is 1. The van der Waals surface area contributed by atoms with Crippen LogP contribution in [0.3, 0.4) is 0 Å². The number of carbonyl (C=O) groups excluding carboxylic acids is 1. The van der Waals surface area contributed by atoms with Crippen molar-refractivity contribution in [2.75, 3.05) is 11.9 Å². The number of nitriles is 1. The summed E-state index contributed by atoms with van der Waals surface area (Å²) in [6.07, 6.45) is 0. The molecule has 0 unspecified atom stereocenters. The molecular weight excluding hydrogens is 248 g/mol. The van der Waals surface area contributed by atoms with Gasteiger partial charge in [0.15, 0.2) is 5.13 Å². The minimum Gasteiger partial charge on any atom is -0.322 e. The fraction of sp³-hybridized carbons (Fsp3) is 0.0833. The summed E-state index contributed by atoms with van der Waals surface area (Å²) in [5.41, 5.74) is 7.47. The van der Waals surface area contributed by atoms with E-state index in [1.807, 2.05) is 17.5 Å². The fourth-order valence-corrected chi connectivity index (χ4v) is 2.09. The summed E-state index contributed by atoms with van der Waals surface area (Å²) in [5.74, 6) is -0.268. The summed E-state index contributed by atoms with van der Waals surface area (Å²) < 4.78 is 0. The molecule has 0 saturated carbocycles. The zero-order valence-corrected chi connectivity index (χ0v) is 10.2. The zero-order chi connectivity index (χ0) is 13.0. The Morgan fingerprint density at radius 1 is 1.44 bits per heavy atom. The fourth-order valence-electron chi connectivity index (χ4n) is 1.35. The van der Waals surface area contributed by atoms with Crippen molar-refractivity contribution < 1.29 is 4.79 Å². The number of anilines is 1. The Labute approximate surface area is 108 Å². The van der Waals surface area contributed by atoms with E-state index < -0.39 is 0 Å². The van der Waals surface area contributed by atoms with E-state index in [4.69, 9.17) is 11.0 Å². The van der Waals surface area contributed by atoms with E-state index in [2.05, 4.69) is 16.4 Å². The number of hydrogen-bond donors (Lipinski definition) is 2. The summed E-state index contributed by atoms with van der Waals surface area (Å²) in [6, 6.07) is 9.16. The molecule has 0 bridgehead atoms. The Hall–Kier alpha value is -2.23. The van der Waals surface area contributed by atoms with Crippen molar-refractivity contribution in [2.24, 2.45) is 5.73 Å². The van der Waals surface area contributed by atoms with Crippen LogP contribution in [-0.4, -0.2) is 17.4 Å². The van der Waals surface area contributed by atoms with Gasteiger partial charge in [0.1, 0.15) is 0 Å². The summed E-state index contributed by atoms with van der Waals surface area (Å²) in [7, 11) is 0. The minimum absolute atomic E-state index is 0.0637. The first-order valence-corrected chi connectivity index (χ1v) is 6.07. The smallest absolute Gasteiger partial charge is 0.239 e. The van der Waals surface area contributed by atoms with Crippen molar-refractivity contribution in [1.29, 1.82) is 5.26 Å². The van der Waals surface area contributed by atoms with Gasteiger partial charge in [0.2, 0.25) is 5.91 Å². The second kappa shape index (κ2) is 5.40. The molecule has 0 fully saturated rings. The Kier molecular flexibility index (Phi) is 3.67. The number of hydrogen-bond acceptors (Lipinski definition) is 5. The van der Waals surface area contributed by atoms with Crippen molar-refractivity contribution >= 4 is 22.4 Å². The topological polar surface area (TPSA) is 91.8 Å². The first-order chi connectivity index (χ1) is 8.72. The number of rotatable bonds is 3. The molecule has 6 heteroatoms. The van der Waals surface area contributed by atoms with Crippen LogP contribution in [0.15, 0.2) is 29.6 Å².